The minimum absolute atomic E-state index is 0.424. The number of piperidine rings is 1. The molecule has 0 amide bonds. The molecule has 0 spiro atoms. The first-order chi connectivity index (χ1) is 11.9. The van der Waals surface area contributed by atoms with Crippen LogP contribution in [0, 0.1) is 19.3 Å². The highest BCUT2D eigenvalue weighted by molar-refractivity contribution is 6.30. The molecule has 3 rings (SSSR count). The summed E-state index contributed by atoms with van der Waals surface area (Å²) < 4.78 is 0. The zero-order chi connectivity index (χ0) is 18.0. The van der Waals surface area contributed by atoms with Crippen LogP contribution in [0.25, 0.3) is 0 Å². The lowest BCUT2D eigenvalue weighted by atomic mass is 9.75. The van der Waals surface area contributed by atoms with Crippen molar-refractivity contribution in [2.24, 2.45) is 5.41 Å². The van der Waals surface area contributed by atoms with E-state index in [0.717, 1.165) is 35.7 Å². The van der Waals surface area contributed by atoms with Gasteiger partial charge in [-0.2, -0.15) is 0 Å². The number of aromatic nitrogens is 2. The van der Waals surface area contributed by atoms with Crippen molar-refractivity contribution >= 4 is 23.4 Å². The number of anilines is 1. The Morgan fingerprint density at radius 2 is 2.20 bits per heavy atom. The fourth-order valence-corrected chi connectivity index (χ4v) is 3.78. The molecule has 1 unspecified atom stereocenters. The van der Waals surface area contributed by atoms with E-state index in [1.54, 1.807) is 12.3 Å². The number of carboxylic acid groups (broad SMARTS) is 1. The van der Waals surface area contributed by atoms with Crippen LogP contribution in [0.15, 0.2) is 30.5 Å². The van der Waals surface area contributed by atoms with Gasteiger partial charge in [0.25, 0.3) is 0 Å². The number of carbonyl (C=O) groups is 1. The van der Waals surface area contributed by atoms with Gasteiger partial charge in [-0.05, 0) is 50.8 Å². The molecule has 0 bridgehead atoms. The minimum Gasteiger partial charge on any atom is -0.481 e. The molecule has 1 aliphatic rings. The van der Waals surface area contributed by atoms with Gasteiger partial charge in [0.2, 0.25) is 0 Å². The second-order valence-corrected chi connectivity index (χ2v) is 7.27. The Balaban J connectivity index is 1.91. The molecule has 1 saturated heterocycles. The van der Waals surface area contributed by atoms with Crippen LogP contribution in [-0.2, 0) is 11.2 Å². The van der Waals surface area contributed by atoms with Gasteiger partial charge in [0.15, 0.2) is 0 Å². The molecule has 2 heterocycles. The topological polar surface area (TPSA) is 66.3 Å². The Kier molecular flexibility index (Phi) is 4.95. The highest BCUT2D eigenvalue weighted by Crippen LogP contribution is 2.36. The second-order valence-electron chi connectivity index (χ2n) is 6.84. The summed E-state index contributed by atoms with van der Waals surface area (Å²) in [7, 11) is 0. The van der Waals surface area contributed by atoms with Crippen molar-refractivity contribution < 1.29 is 9.90 Å². The number of halogens is 1. The van der Waals surface area contributed by atoms with Gasteiger partial charge in [-0.25, -0.2) is 4.98 Å². The van der Waals surface area contributed by atoms with Crippen LogP contribution in [0.1, 0.15) is 29.8 Å². The van der Waals surface area contributed by atoms with Crippen molar-refractivity contribution in [2.45, 2.75) is 33.1 Å². The Bertz CT molecular complexity index is 796. The molecule has 132 valence electrons. The van der Waals surface area contributed by atoms with Crippen molar-refractivity contribution in [2.75, 3.05) is 18.0 Å². The molecule has 0 aliphatic carbocycles. The monoisotopic (exact) mass is 359 g/mol. The zero-order valence-corrected chi connectivity index (χ0v) is 15.3. The summed E-state index contributed by atoms with van der Waals surface area (Å²) >= 11 is 6.07. The Morgan fingerprint density at radius 3 is 2.92 bits per heavy atom. The van der Waals surface area contributed by atoms with Crippen LogP contribution in [-0.4, -0.2) is 34.1 Å². The van der Waals surface area contributed by atoms with Gasteiger partial charge < -0.3 is 10.0 Å². The summed E-state index contributed by atoms with van der Waals surface area (Å²) in [6, 6.07) is 7.46. The third-order valence-electron chi connectivity index (χ3n) is 4.81. The Morgan fingerprint density at radius 1 is 1.40 bits per heavy atom. The van der Waals surface area contributed by atoms with Crippen LogP contribution in [0.4, 0.5) is 5.82 Å². The normalized spacial score (nSPS) is 20.5. The van der Waals surface area contributed by atoms with E-state index in [-0.39, 0.29) is 0 Å². The summed E-state index contributed by atoms with van der Waals surface area (Å²) in [4.78, 5) is 23.2. The predicted molar refractivity (Wildman–Crippen MR) is 98.2 cm³/mol. The van der Waals surface area contributed by atoms with E-state index >= 15 is 0 Å². The number of benzene rings is 1. The van der Waals surface area contributed by atoms with Gasteiger partial charge >= 0.3 is 5.97 Å². The second kappa shape index (κ2) is 7.00. The number of aliphatic carboxylic acids is 1. The van der Waals surface area contributed by atoms with E-state index in [1.165, 1.54) is 0 Å². The van der Waals surface area contributed by atoms with E-state index in [0.29, 0.717) is 24.4 Å². The fourth-order valence-electron chi connectivity index (χ4n) is 3.57. The van der Waals surface area contributed by atoms with E-state index in [9.17, 15) is 9.90 Å². The Labute approximate surface area is 152 Å². The first-order valence-electron chi connectivity index (χ1n) is 8.43. The van der Waals surface area contributed by atoms with Crippen molar-refractivity contribution in [1.82, 2.24) is 9.97 Å². The van der Waals surface area contributed by atoms with Gasteiger partial charge in [-0.1, -0.05) is 23.7 Å². The zero-order valence-electron chi connectivity index (χ0n) is 14.5. The molecule has 5 nitrogen and oxygen atoms in total. The summed E-state index contributed by atoms with van der Waals surface area (Å²) in [5.74, 6) is 0.0202. The van der Waals surface area contributed by atoms with Gasteiger partial charge in [0.1, 0.15) is 5.82 Å². The summed E-state index contributed by atoms with van der Waals surface area (Å²) in [5.41, 5.74) is 1.76. The van der Waals surface area contributed by atoms with Gasteiger partial charge in [0.05, 0.1) is 16.8 Å². The number of hydrogen-bond donors (Lipinski definition) is 1. The third-order valence-corrected chi connectivity index (χ3v) is 5.05. The minimum atomic E-state index is -0.846. The van der Waals surface area contributed by atoms with Crippen LogP contribution in [0.3, 0.4) is 0 Å². The standard InChI is InChI=1S/C19H22ClN3O2/c1-13-11-21-14(2)17(22-13)23-8-4-7-19(12-23,18(24)25)10-15-5-3-6-16(20)9-15/h3,5-6,9,11H,4,7-8,10,12H2,1-2H3,(H,24,25). The molecule has 1 aliphatic heterocycles. The van der Waals surface area contributed by atoms with E-state index in [4.69, 9.17) is 11.6 Å². The number of rotatable bonds is 4. The first kappa shape index (κ1) is 17.7. The van der Waals surface area contributed by atoms with Crippen molar-refractivity contribution in [3.05, 3.63) is 52.4 Å². The average Bonchev–Trinajstić information content (AvgIpc) is 2.57. The summed E-state index contributed by atoms with van der Waals surface area (Å²) in [6.45, 7) is 5.03. The molecule has 0 radical (unpaired) electrons. The van der Waals surface area contributed by atoms with E-state index in [2.05, 4.69) is 14.9 Å². The molecule has 1 fully saturated rings. The summed E-state index contributed by atoms with van der Waals surface area (Å²) in [6.07, 6.45) is 3.64. The number of nitrogens with zero attached hydrogens (tertiary/aromatic N) is 3. The van der Waals surface area contributed by atoms with Gasteiger partial charge in [-0.15, -0.1) is 0 Å². The van der Waals surface area contributed by atoms with Crippen LogP contribution in [0.5, 0.6) is 0 Å². The molecule has 2 aromatic rings. The fraction of sp³-hybridized carbons (Fsp3) is 0.421. The largest absolute Gasteiger partial charge is 0.481 e. The van der Waals surface area contributed by atoms with Gasteiger partial charge in [-0.3, -0.25) is 9.78 Å². The lowest BCUT2D eigenvalue weighted by molar-refractivity contribution is -0.149. The van der Waals surface area contributed by atoms with Crippen molar-refractivity contribution in [1.29, 1.82) is 0 Å². The third kappa shape index (κ3) is 3.76. The van der Waals surface area contributed by atoms with Crippen LogP contribution >= 0.6 is 11.6 Å². The predicted octanol–water partition coefficient (Wildman–Crippen LogP) is 3.66. The number of hydrogen-bond acceptors (Lipinski definition) is 4. The van der Waals surface area contributed by atoms with Gasteiger partial charge in [0, 0.05) is 24.3 Å². The Hall–Kier alpha value is -2.14. The maximum atomic E-state index is 12.2. The molecular weight excluding hydrogens is 338 g/mol. The van der Waals surface area contributed by atoms with Crippen LogP contribution in [0.2, 0.25) is 5.02 Å². The lowest BCUT2D eigenvalue weighted by Crippen LogP contribution is -2.49. The molecule has 1 aromatic carbocycles. The summed E-state index contributed by atoms with van der Waals surface area (Å²) in [5, 5.41) is 10.6. The van der Waals surface area contributed by atoms with E-state index < -0.39 is 11.4 Å². The molecular formula is C19H22ClN3O2. The first-order valence-corrected chi connectivity index (χ1v) is 8.80. The van der Waals surface area contributed by atoms with E-state index in [1.807, 2.05) is 32.0 Å². The maximum absolute atomic E-state index is 12.2. The molecule has 1 N–H and O–H groups in total. The molecule has 0 saturated carbocycles. The average molecular weight is 360 g/mol. The number of carboxylic acids is 1. The lowest BCUT2D eigenvalue weighted by Gasteiger charge is -2.41. The number of aryl methyl sites for hydroxylation is 2. The highest BCUT2D eigenvalue weighted by atomic mass is 35.5. The molecule has 25 heavy (non-hydrogen) atoms. The van der Waals surface area contributed by atoms with Crippen LogP contribution < -0.4 is 4.90 Å². The smallest absolute Gasteiger partial charge is 0.311 e. The van der Waals surface area contributed by atoms with Crippen molar-refractivity contribution in [3.8, 4) is 0 Å². The highest BCUT2D eigenvalue weighted by Gasteiger charge is 2.43. The molecule has 1 aromatic heterocycles. The van der Waals surface area contributed by atoms with Crippen molar-refractivity contribution in [3.63, 3.8) is 0 Å². The maximum Gasteiger partial charge on any atom is 0.311 e. The quantitative estimate of drug-likeness (QED) is 0.902. The SMILES string of the molecule is Cc1cnc(C)c(N2CCCC(Cc3cccc(Cl)c3)(C(=O)O)C2)n1. The molecule has 1 atom stereocenters. The molecule has 6 heteroatoms.